The van der Waals surface area contributed by atoms with E-state index >= 15 is 0 Å². The van der Waals surface area contributed by atoms with Crippen LogP contribution in [0.3, 0.4) is 0 Å². The summed E-state index contributed by atoms with van der Waals surface area (Å²) in [4.78, 5) is -0.451. The Morgan fingerprint density at radius 1 is 1.35 bits per heavy atom. The second-order valence-corrected chi connectivity index (χ2v) is 6.76. The van der Waals surface area contributed by atoms with Gasteiger partial charge in [0.05, 0.1) is 0 Å². The molecular formula is C13H17F2NO3S. The lowest BCUT2D eigenvalue weighted by atomic mass is 9.97. The molecule has 1 heterocycles. The van der Waals surface area contributed by atoms with E-state index in [1.165, 1.54) is 12.1 Å². The first kappa shape index (κ1) is 15.2. The molecule has 1 saturated heterocycles. The third-order valence-electron chi connectivity index (χ3n) is 3.43. The lowest BCUT2D eigenvalue weighted by Gasteiger charge is -2.30. The summed E-state index contributed by atoms with van der Waals surface area (Å²) >= 11 is 0. The number of alkyl halides is 2. The van der Waals surface area contributed by atoms with Gasteiger partial charge < -0.3 is 10.1 Å². The van der Waals surface area contributed by atoms with E-state index in [-0.39, 0.29) is 17.8 Å². The minimum atomic E-state index is -4.65. The maximum Gasteiger partial charge on any atom is 0.341 e. The molecule has 1 aromatic rings. The van der Waals surface area contributed by atoms with Crippen molar-refractivity contribution >= 4 is 9.84 Å². The number of piperidine rings is 1. The average molecular weight is 305 g/mol. The van der Waals surface area contributed by atoms with Crippen molar-refractivity contribution < 1.29 is 21.9 Å². The zero-order valence-electron chi connectivity index (χ0n) is 11.1. The predicted molar refractivity (Wildman–Crippen MR) is 70.7 cm³/mol. The summed E-state index contributed by atoms with van der Waals surface area (Å²) in [5.41, 5.74) is 0. The molecule has 7 heteroatoms. The van der Waals surface area contributed by atoms with E-state index in [1.54, 1.807) is 6.07 Å². The molecule has 1 aliphatic rings. The maximum atomic E-state index is 12.7. The molecule has 1 aliphatic heterocycles. The van der Waals surface area contributed by atoms with Gasteiger partial charge in [0.2, 0.25) is 9.84 Å². The van der Waals surface area contributed by atoms with Gasteiger partial charge in [-0.2, -0.15) is 8.78 Å². The largest absolute Gasteiger partial charge is 0.487 e. The molecule has 0 amide bonds. The van der Waals surface area contributed by atoms with Crippen LogP contribution in [0, 0.1) is 5.92 Å². The zero-order chi connectivity index (χ0) is 14.8. The highest BCUT2D eigenvalue weighted by atomic mass is 32.2. The summed E-state index contributed by atoms with van der Waals surface area (Å²) in [6.45, 7) is 3.44. The third-order valence-corrected chi connectivity index (χ3v) is 4.84. The van der Waals surface area contributed by atoms with Crippen molar-refractivity contribution in [3.8, 4) is 5.75 Å². The van der Waals surface area contributed by atoms with Crippen LogP contribution < -0.4 is 10.1 Å². The van der Waals surface area contributed by atoms with Crippen LogP contribution in [-0.2, 0) is 9.84 Å². The van der Waals surface area contributed by atoms with Crippen molar-refractivity contribution in [1.29, 1.82) is 0 Å². The fraction of sp³-hybridized carbons (Fsp3) is 0.538. The summed E-state index contributed by atoms with van der Waals surface area (Å²) < 4.78 is 54.3. The Balaban J connectivity index is 2.29. The first-order chi connectivity index (χ1) is 9.43. The predicted octanol–water partition coefficient (Wildman–Crippen LogP) is 2.06. The van der Waals surface area contributed by atoms with Crippen LogP contribution in [0.2, 0.25) is 0 Å². The minimum absolute atomic E-state index is 0.00616. The van der Waals surface area contributed by atoms with Gasteiger partial charge in [-0.1, -0.05) is 19.1 Å². The van der Waals surface area contributed by atoms with Crippen molar-refractivity contribution in [1.82, 2.24) is 5.32 Å². The van der Waals surface area contributed by atoms with Crippen LogP contribution in [0.1, 0.15) is 13.3 Å². The molecule has 1 fully saturated rings. The molecule has 2 atom stereocenters. The van der Waals surface area contributed by atoms with Gasteiger partial charge in [-0.3, -0.25) is 0 Å². The van der Waals surface area contributed by atoms with Crippen molar-refractivity contribution in [2.24, 2.45) is 5.92 Å². The number of halogens is 2. The van der Waals surface area contributed by atoms with Crippen LogP contribution in [0.5, 0.6) is 5.75 Å². The Morgan fingerprint density at radius 3 is 2.70 bits per heavy atom. The van der Waals surface area contributed by atoms with Crippen LogP contribution in [0.4, 0.5) is 8.78 Å². The molecule has 0 aliphatic carbocycles. The molecule has 1 aromatic carbocycles. The number of hydrogen-bond acceptors (Lipinski definition) is 4. The zero-order valence-corrected chi connectivity index (χ0v) is 11.9. The smallest absolute Gasteiger partial charge is 0.341 e. The van der Waals surface area contributed by atoms with E-state index in [0.717, 1.165) is 19.0 Å². The number of rotatable bonds is 4. The fourth-order valence-electron chi connectivity index (χ4n) is 2.16. The fourth-order valence-corrected chi connectivity index (χ4v) is 3.02. The summed E-state index contributed by atoms with van der Waals surface area (Å²) in [6.07, 6.45) is 0.673. The second-order valence-electron chi connectivity index (χ2n) is 4.88. The van der Waals surface area contributed by atoms with Gasteiger partial charge in [0, 0.05) is 6.54 Å². The van der Waals surface area contributed by atoms with Gasteiger partial charge >= 0.3 is 5.76 Å². The number of benzene rings is 1. The molecule has 0 spiro atoms. The Kier molecular flexibility index (Phi) is 4.59. The first-order valence-corrected chi connectivity index (χ1v) is 7.96. The summed E-state index contributed by atoms with van der Waals surface area (Å²) in [7, 11) is -4.65. The first-order valence-electron chi connectivity index (χ1n) is 6.41. The van der Waals surface area contributed by atoms with Crippen molar-refractivity contribution in [3.05, 3.63) is 24.3 Å². The Bertz CT molecular complexity index is 562. The summed E-state index contributed by atoms with van der Waals surface area (Å²) in [5, 5.41) is 3.14. The lowest BCUT2D eigenvalue weighted by Crippen LogP contribution is -2.43. The number of ether oxygens (including phenoxy) is 1. The maximum absolute atomic E-state index is 12.7. The van der Waals surface area contributed by atoms with E-state index in [2.05, 4.69) is 5.32 Å². The normalized spacial score (nSPS) is 23.8. The molecule has 112 valence electrons. The van der Waals surface area contributed by atoms with Gasteiger partial charge in [0.1, 0.15) is 16.7 Å². The van der Waals surface area contributed by atoms with Crippen LogP contribution in [0.15, 0.2) is 29.2 Å². The van der Waals surface area contributed by atoms with Gasteiger partial charge in [0.25, 0.3) is 0 Å². The van der Waals surface area contributed by atoms with E-state index in [0.29, 0.717) is 6.54 Å². The minimum Gasteiger partial charge on any atom is -0.487 e. The molecule has 2 rings (SSSR count). The monoisotopic (exact) mass is 305 g/mol. The van der Waals surface area contributed by atoms with Crippen molar-refractivity contribution in [2.75, 3.05) is 13.1 Å². The van der Waals surface area contributed by atoms with Gasteiger partial charge in [-0.25, -0.2) is 8.42 Å². The molecule has 0 saturated carbocycles. The Labute approximate surface area is 117 Å². The average Bonchev–Trinajstić information content (AvgIpc) is 2.41. The third kappa shape index (κ3) is 3.09. The number of nitrogens with one attached hydrogen (secondary N) is 1. The summed E-state index contributed by atoms with van der Waals surface area (Å²) in [5.74, 6) is -3.22. The molecule has 0 radical (unpaired) electrons. The van der Waals surface area contributed by atoms with Crippen LogP contribution in [-0.4, -0.2) is 33.4 Å². The second kappa shape index (κ2) is 6.05. The number of para-hydroxylation sites is 1. The standard InChI is InChI=1S/C13H17F2NO3S/c1-9-6-7-16-8-11(9)19-10-4-2-3-5-12(10)20(17,18)13(14)15/h2-5,9,11,13,16H,6-8H2,1H3. The molecule has 4 nitrogen and oxygen atoms in total. The van der Waals surface area contributed by atoms with Crippen LogP contribution in [0.25, 0.3) is 0 Å². The Morgan fingerprint density at radius 2 is 2.05 bits per heavy atom. The summed E-state index contributed by atoms with van der Waals surface area (Å²) in [6, 6.07) is 5.54. The highest BCUT2D eigenvalue weighted by molar-refractivity contribution is 7.91. The molecule has 1 N–H and O–H groups in total. The van der Waals surface area contributed by atoms with Gasteiger partial charge in [-0.05, 0) is 31.0 Å². The van der Waals surface area contributed by atoms with E-state index < -0.39 is 20.5 Å². The molecular weight excluding hydrogens is 288 g/mol. The highest BCUT2D eigenvalue weighted by Gasteiger charge is 2.31. The number of hydrogen-bond donors (Lipinski definition) is 1. The molecule has 0 bridgehead atoms. The van der Waals surface area contributed by atoms with Crippen molar-refractivity contribution in [3.63, 3.8) is 0 Å². The van der Waals surface area contributed by atoms with E-state index in [4.69, 9.17) is 4.74 Å². The van der Waals surface area contributed by atoms with E-state index in [9.17, 15) is 17.2 Å². The topological polar surface area (TPSA) is 55.4 Å². The molecule has 20 heavy (non-hydrogen) atoms. The molecule has 2 unspecified atom stereocenters. The quantitative estimate of drug-likeness (QED) is 0.925. The Hall–Kier alpha value is -1.21. The highest BCUT2D eigenvalue weighted by Crippen LogP contribution is 2.30. The van der Waals surface area contributed by atoms with Crippen molar-refractivity contribution in [2.45, 2.75) is 30.1 Å². The SMILES string of the molecule is CC1CCNCC1Oc1ccccc1S(=O)(=O)C(F)F. The number of sulfone groups is 1. The van der Waals surface area contributed by atoms with Gasteiger partial charge in [0.15, 0.2) is 0 Å². The van der Waals surface area contributed by atoms with Gasteiger partial charge in [-0.15, -0.1) is 0 Å². The van der Waals surface area contributed by atoms with E-state index in [1.807, 2.05) is 6.92 Å². The lowest BCUT2D eigenvalue weighted by molar-refractivity contribution is 0.111. The van der Waals surface area contributed by atoms with Crippen LogP contribution >= 0.6 is 0 Å². The molecule has 0 aromatic heterocycles.